The van der Waals surface area contributed by atoms with Gasteiger partial charge >= 0.3 is 5.97 Å². The van der Waals surface area contributed by atoms with Gasteiger partial charge in [-0.05, 0) is 38.9 Å². The minimum absolute atomic E-state index is 0.0369. The van der Waals surface area contributed by atoms with Crippen LogP contribution in [0, 0.1) is 20.8 Å². The van der Waals surface area contributed by atoms with E-state index in [-0.39, 0.29) is 6.54 Å². The molecule has 0 aromatic heterocycles. The molecule has 100 valence electrons. The summed E-state index contributed by atoms with van der Waals surface area (Å²) in [5.74, 6) is 0.0875. The summed E-state index contributed by atoms with van der Waals surface area (Å²) < 4.78 is 5.74. The summed E-state index contributed by atoms with van der Waals surface area (Å²) in [6.45, 7) is 7.24. The van der Waals surface area contributed by atoms with E-state index in [1.807, 2.05) is 13.8 Å². The molecule has 1 aromatic carbocycles. The number of hydrogen-bond acceptors (Lipinski definition) is 3. The number of likely N-dealkylation sites (N-methyl/N-ethyl adjacent to an activating group) is 1. The minimum atomic E-state index is -0.819. The van der Waals surface area contributed by atoms with E-state index in [2.05, 4.69) is 19.1 Å². The van der Waals surface area contributed by atoms with E-state index in [9.17, 15) is 4.79 Å². The number of rotatable bonds is 6. The quantitative estimate of drug-likeness (QED) is 0.840. The average molecular weight is 251 g/mol. The first-order valence-corrected chi connectivity index (χ1v) is 6.01. The van der Waals surface area contributed by atoms with Gasteiger partial charge in [0.2, 0.25) is 0 Å². The molecule has 4 nitrogen and oxygen atoms in total. The zero-order valence-corrected chi connectivity index (χ0v) is 11.5. The Labute approximate surface area is 108 Å². The molecule has 1 aromatic rings. The summed E-state index contributed by atoms with van der Waals surface area (Å²) >= 11 is 0. The number of carboxylic acids is 1. The molecule has 1 N–H and O–H groups in total. The van der Waals surface area contributed by atoms with Gasteiger partial charge in [-0.2, -0.15) is 0 Å². The Bertz CT molecular complexity index is 406. The van der Waals surface area contributed by atoms with Crippen LogP contribution in [0.4, 0.5) is 0 Å². The number of aliphatic carboxylic acids is 1. The normalized spacial score (nSPS) is 10.7. The molecule has 0 atom stereocenters. The van der Waals surface area contributed by atoms with Gasteiger partial charge in [-0.25, -0.2) is 0 Å². The van der Waals surface area contributed by atoms with Gasteiger partial charge in [0.15, 0.2) is 0 Å². The molecule has 0 aliphatic rings. The van der Waals surface area contributed by atoms with Crippen LogP contribution in [0.3, 0.4) is 0 Å². The molecule has 0 aliphatic carbocycles. The summed E-state index contributed by atoms with van der Waals surface area (Å²) in [6.07, 6.45) is 0. The highest BCUT2D eigenvalue weighted by Crippen LogP contribution is 2.24. The molecule has 0 unspecified atom stereocenters. The topological polar surface area (TPSA) is 49.8 Å². The molecule has 18 heavy (non-hydrogen) atoms. The van der Waals surface area contributed by atoms with E-state index >= 15 is 0 Å². The van der Waals surface area contributed by atoms with E-state index in [0.717, 1.165) is 16.9 Å². The first-order valence-electron chi connectivity index (χ1n) is 6.01. The predicted octanol–water partition coefficient (Wildman–Crippen LogP) is 2.01. The van der Waals surface area contributed by atoms with E-state index in [1.165, 1.54) is 5.56 Å². The summed E-state index contributed by atoms with van der Waals surface area (Å²) in [7, 11) is 1.77. The van der Waals surface area contributed by atoms with Crippen molar-refractivity contribution in [2.45, 2.75) is 20.8 Å². The molecule has 0 spiro atoms. The Kier molecular flexibility index (Phi) is 5.16. The number of nitrogens with zero attached hydrogens (tertiary/aromatic N) is 1. The molecular weight excluding hydrogens is 230 g/mol. The van der Waals surface area contributed by atoms with Crippen LogP contribution in [0.15, 0.2) is 12.1 Å². The second-order valence-electron chi connectivity index (χ2n) is 4.71. The van der Waals surface area contributed by atoms with Crippen LogP contribution in [-0.4, -0.2) is 42.7 Å². The van der Waals surface area contributed by atoms with Crippen LogP contribution in [0.1, 0.15) is 16.7 Å². The van der Waals surface area contributed by atoms with Crippen LogP contribution in [-0.2, 0) is 4.79 Å². The second kappa shape index (κ2) is 6.40. The number of benzene rings is 1. The van der Waals surface area contributed by atoms with Gasteiger partial charge in [0.1, 0.15) is 12.4 Å². The van der Waals surface area contributed by atoms with Crippen molar-refractivity contribution in [1.29, 1.82) is 0 Å². The van der Waals surface area contributed by atoms with Crippen molar-refractivity contribution in [3.63, 3.8) is 0 Å². The van der Waals surface area contributed by atoms with Gasteiger partial charge in [0.25, 0.3) is 0 Å². The van der Waals surface area contributed by atoms with Crippen LogP contribution >= 0.6 is 0 Å². The highest BCUT2D eigenvalue weighted by molar-refractivity contribution is 5.68. The first kappa shape index (κ1) is 14.5. The van der Waals surface area contributed by atoms with Gasteiger partial charge in [0, 0.05) is 6.54 Å². The SMILES string of the molecule is Cc1cc(C)c(OCCN(C)CC(=O)O)c(C)c1. The third kappa shape index (κ3) is 4.37. The highest BCUT2D eigenvalue weighted by atomic mass is 16.5. The smallest absolute Gasteiger partial charge is 0.317 e. The van der Waals surface area contributed by atoms with E-state index in [1.54, 1.807) is 11.9 Å². The monoisotopic (exact) mass is 251 g/mol. The first-order chi connectivity index (χ1) is 8.40. The molecule has 0 amide bonds. The molecule has 1 rings (SSSR count). The highest BCUT2D eigenvalue weighted by Gasteiger charge is 2.07. The molecule has 0 fully saturated rings. The Morgan fingerprint density at radius 2 is 1.83 bits per heavy atom. The fourth-order valence-electron chi connectivity index (χ4n) is 2.01. The Balaban J connectivity index is 2.52. The largest absolute Gasteiger partial charge is 0.492 e. The third-order valence-electron chi connectivity index (χ3n) is 2.73. The van der Waals surface area contributed by atoms with Crippen molar-refractivity contribution in [1.82, 2.24) is 4.90 Å². The summed E-state index contributed by atoms with van der Waals surface area (Å²) in [4.78, 5) is 12.2. The number of carbonyl (C=O) groups is 1. The number of ether oxygens (including phenoxy) is 1. The lowest BCUT2D eigenvalue weighted by molar-refractivity contribution is -0.138. The van der Waals surface area contributed by atoms with Crippen molar-refractivity contribution < 1.29 is 14.6 Å². The summed E-state index contributed by atoms with van der Waals surface area (Å²) in [5, 5.41) is 8.64. The maximum Gasteiger partial charge on any atom is 0.317 e. The van der Waals surface area contributed by atoms with E-state index in [0.29, 0.717) is 13.2 Å². The third-order valence-corrected chi connectivity index (χ3v) is 2.73. The maximum absolute atomic E-state index is 10.5. The summed E-state index contributed by atoms with van der Waals surface area (Å²) in [5.41, 5.74) is 3.46. The van der Waals surface area contributed by atoms with E-state index < -0.39 is 5.97 Å². The van der Waals surface area contributed by atoms with Crippen molar-refractivity contribution in [2.24, 2.45) is 0 Å². The Morgan fingerprint density at radius 3 is 2.33 bits per heavy atom. The van der Waals surface area contributed by atoms with E-state index in [4.69, 9.17) is 9.84 Å². The van der Waals surface area contributed by atoms with Gasteiger partial charge in [-0.15, -0.1) is 0 Å². The van der Waals surface area contributed by atoms with Crippen molar-refractivity contribution >= 4 is 5.97 Å². The maximum atomic E-state index is 10.5. The fourth-order valence-corrected chi connectivity index (χ4v) is 2.01. The number of carboxylic acid groups (broad SMARTS) is 1. The van der Waals surface area contributed by atoms with Gasteiger partial charge in [0.05, 0.1) is 6.54 Å². The van der Waals surface area contributed by atoms with Crippen LogP contribution in [0.2, 0.25) is 0 Å². The lowest BCUT2D eigenvalue weighted by Gasteiger charge is -2.17. The molecule has 0 saturated heterocycles. The molecule has 0 radical (unpaired) electrons. The Hall–Kier alpha value is -1.55. The second-order valence-corrected chi connectivity index (χ2v) is 4.71. The summed E-state index contributed by atoms with van der Waals surface area (Å²) in [6, 6.07) is 4.17. The lowest BCUT2D eigenvalue weighted by Crippen LogP contribution is -2.29. The number of hydrogen-bond donors (Lipinski definition) is 1. The average Bonchev–Trinajstić information content (AvgIpc) is 2.20. The molecule has 4 heteroatoms. The van der Waals surface area contributed by atoms with Crippen molar-refractivity contribution in [3.05, 3.63) is 28.8 Å². The van der Waals surface area contributed by atoms with Crippen LogP contribution in [0.5, 0.6) is 5.75 Å². The lowest BCUT2D eigenvalue weighted by atomic mass is 10.1. The van der Waals surface area contributed by atoms with Crippen molar-refractivity contribution in [3.8, 4) is 5.75 Å². The van der Waals surface area contributed by atoms with Crippen molar-refractivity contribution in [2.75, 3.05) is 26.7 Å². The zero-order chi connectivity index (χ0) is 13.7. The Morgan fingerprint density at radius 1 is 1.28 bits per heavy atom. The molecule has 0 heterocycles. The standard InChI is InChI=1S/C14H21NO3/c1-10-7-11(2)14(12(3)8-10)18-6-5-15(4)9-13(16)17/h7-8H,5-6,9H2,1-4H3,(H,16,17). The van der Waals surface area contributed by atoms with Gasteiger partial charge in [-0.1, -0.05) is 17.7 Å². The molecule has 0 bridgehead atoms. The number of aryl methyl sites for hydroxylation is 3. The van der Waals surface area contributed by atoms with Gasteiger partial charge in [-0.3, -0.25) is 9.69 Å². The van der Waals surface area contributed by atoms with Crippen LogP contribution < -0.4 is 4.74 Å². The molecular formula is C14H21NO3. The predicted molar refractivity (Wildman–Crippen MR) is 71.3 cm³/mol. The van der Waals surface area contributed by atoms with Crippen LogP contribution in [0.25, 0.3) is 0 Å². The zero-order valence-electron chi connectivity index (χ0n) is 11.5. The minimum Gasteiger partial charge on any atom is -0.492 e. The fraction of sp³-hybridized carbons (Fsp3) is 0.500. The van der Waals surface area contributed by atoms with Gasteiger partial charge < -0.3 is 9.84 Å². The molecule has 0 aliphatic heterocycles. The molecule has 0 saturated carbocycles.